The number of alkyl halides is 3. The minimum absolute atomic E-state index is 0.0231. The van der Waals surface area contributed by atoms with Crippen molar-refractivity contribution in [1.29, 1.82) is 0 Å². The Labute approximate surface area is 123 Å². The van der Waals surface area contributed by atoms with Crippen molar-refractivity contribution in [3.63, 3.8) is 0 Å². The highest BCUT2D eigenvalue weighted by atomic mass is 35.5. The van der Waals surface area contributed by atoms with Crippen LogP contribution in [0.4, 0.5) is 13.2 Å². The maximum Gasteiger partial charge on any atom is 0.402 e. The molecule has 0 aliphatic carbocycles. The number of halogens is 5. The van der Waals surface area contributed by atoms with Crippen LogP contribution in [0.1, 0.15) is 5.56 Å². The van der Waals surface area contributed by atoms with Gasteiger partial charge in [-0.15, -0.1) is 0 Å². The zero-order chi connectivity index (χ0) is 15.7. The molecule has 0 bridgehead atoms. The first kappa shape index (κ1) is 17.5. The van der Waals surface area contributed by atoms with Gasteiger partial charge in [0.1, 0.15) is 11.4 Å². The fourth-order valence-corrected chi connectivity index (χ4v) is 3.45. The average Bonchev–Trinajstić information content (AvgIpc) is 2.26. The lowest BCUT2D eigenvalue weighted by atomic mass is 10.2. The third kappa shape index (κ3) is 3.76. The Morgan fingerprint density at radius 1 is 1.30 bits per heavy atom. The Morgan fingerprint density at radius 2 is 1.85 bits per heavy atom. The van der Waals surface area contributed by atoms with Crippen LogP contribution in [-0.4, -0.2) is 37.6 Å². The van der Waals surface area contributed by atoms with Crippen LogP contribution in [0, 0.1) is 0 Å². The molecule has 0 fully saturated rings. The van der Waals surface area contributed by atoms with E-state index in [0.29, 0.717) is 0 Å². The zero-order valence-corrected chi connectivity index (χ0v) is 12.4. The van der Waals surface area contributed by atoms with Crippen molar-refractivity contribution in [1.82, 2.24) is 4.31 Å². The summed E-state index contributed by atoms with van der Waals surface area (Å²) in [6.07, 6.45) is -4.68. The summed E-state index contributed by atoms with van der Waals surface area (Å²) in [5.41, 5.74) is -0.0604. The van der Waals surface area contributed by atoms with E-state index in [4.69, 9.17) is 28.3 Å². The topological polar surface area (TPSA) is 57.6 Å². The van der Waals surface area contributed by atoms with Gasteiger partial charge in [-0.1, -0.05) is 23.2 Å². The standard InChI is InChI=1S/C10H10Cl2F3NO3S/c1-16(5-10(13,14)15)20(18,19)8-3-2-7(11)6(4-17)9(8)12/h2-3,17H,4-5H2,1H3. The number of benzene rings is 1. The van der Waals surface area contributed by atoms with Gasteiger partial charge < -0.3 is 5.11 Å². The minimum atomic E-state index is -4.68. The molecule has 10 heteroatoms. The number of rotatable bonds is 4. The maximum atomic E-state index is 12.3. The summed E-state index contributed by atoms with van der Waals surface area (Å²) >= 11 is 11.5. The highest BCUT2D eigenvalue weighted by Gasteiger charge is 2.36. The lowest BCUT2D eigenvalue weighted by molar-refractivity contribution is -0.134. The van der Waals surface area contributed by atoms with Crippen LogP contribution in [0.5, 0.6) is 0 Å². The number of nitrogens with zero attached hydrogens (tertiary/aromatic N) is 1. The Hall–Kier alpha value is -0.540. The molecule has 1 rings (SSSR count). The third-order valence-electron chi connectivity index (χ3n) is 2.40. The van der Waals surface area contributed by atoms with Gasteiger partial charge in [0.05, 0.1) is 11.6 Å². The summed E-state index contributed by atoms with van der Waals surface area (Å²) in [6, 6.07) is 2.14. The molecule has 0 aromatic heterocycles. The molecule has 0 aliphatic heterocycles. The van der Waals surface area contributed by atoms with Gasteiger partial charge >= 0.3 is 6.18 Å². The van der Waals surface area contributed by atoms with Crippen LogP contribution in [-0.2, 0) is 16.6 Å². The molecule has 0 saturated carbocycles. The second kappa shape index (κ2) is 6.07. The van der Waals surface area contributed by atoms with Gasteiger partial charge in [0.15, 0.2) is 0 Å². The number of sulfonamides is 1. The molecule has 0 unspecified atom stereocenters. The summed E-state index contributed by atoms with van der Waals surface area (Å²) in [5, 5.41) is 8.69. The average molecular weight is 352 g/mol. The molecule has 4 nitrogen and oxygen atoms in total. The number of aliphatic hydroxyl groups is 1. The first-order chi connectivity index (χ1) is 9.00. The van der Waals surface area contributed by atoms with Gasteiger partial charge in [0.25, 0.3) is 0 Å². The minimum Gasteiger partial charge on any atom is -0.392 e. The smallest absolute Gasteiger partial charge is 0.392 e. The van der Waals surface area contributed by atoms with E-state index >= 15 is 0 Å². The van der Waals surface area contributed by atoms with E-state index in [1.807, 2.05) is 0 Å². The van der Waals surface area contributed by atoms with Crippen LogP contribution >= 0.6 is 23.2 Å². The summed E-state index contributed by atoms with van der Waals surface area (Å²) in [4.78, 5) is -0.542. The second-order valence-corrected chi connectivity index (χ2v) is 6.67. The highest BCUT2D eigenvalue weighted by Crippen LogP contribution is 2.33. The van der Waals surface area contributed by atoms with E-state index in [1.165, 1.54) is 0 Å². The molecule has 0 aliphatic rings. The van der Waals surface area contributed by atoms with Gasteiger partial charge in [-0.3, -0.25) is 0 Å². The van der Waals surface area contributed by atoms with Crippen molar-refractivity contribution in [3.8, 4) is 0 Å². The quantitative estimate of drug-likeness (QED) is 0.907. The van der Waals surface area contributed by atoms with Gasteiger partial charge in [-0.05, 0) is 12.1 Å². The van der Waals surface area contributed by atoms with Crippen molar-refractivity contribution in [2.75, 3.05) is 13.6 Å². The summed E-state index contributed by atoms with van der Waals surface area (Å²) < 4.78 is 61.0. The third-order valence-corrected chi connectivity index (χ3v) is 5.14. The van der Waals surface area contributed by atoms with Crippen LogP contribution < -0.4 is 0 Å². The second-order valence-electron chi connectivity index (χ2n) is 3.87. The van der Waals surface area contributed by atoms with E-state index in [0.717, 1.165) is 19.2 Å². The normalized spacial score (nSPS) is 13.0. The fourth-order valence-electron chi connectivity index (χ4n) is 1.43. The van der Waals surface area contributed by atoms with E-state index in [9.17, 15) is 21.6 Å². The zero-order valence-electron chi connectivity index (χ0n) is 10.1. The predicted molar refractivity (Wildman–Crippen MR) is 68.3 cm³/mol. The molecule has 20 heavy (non-hydrogen) atoms. The molecule has 0 spiro atoms. The number of hydrogen-bond donors (Lipinski definition) is 1. The SMILES string of the molecule is CN(CC(F)(F)F)S(=O)(=O)c1ccc(Cl)c(CO)c1Cl. The van der Waals surface area contributed by atoms with Crippen LogP contribution in [0.15, 0.2) is 17.0 Å². The molecule has 0 atom stereocenters. The Balaban J connectivity index is 3.30. The summed E-state index contributed by atoms with van der Waals surface area (Å²) in [7, 11) is -3.66. The van der Waals surface area contributed by atoms with Crippen LogP contribution in [0.25, 0.3) is 0 Å². The molecular weight excluding hydrogens is 342 g/mol. The van der Waals surface area contributed by atoms with E-state index in [2.05, 4.69) is 0 Å². The van der Waals surface area contributed by atoms with Gasteiger partial charge in [0, 0.05) is 17.6 Å². The maximum absolute atomic E-state index is 12.3. The Morgan fingerprint density at radius 3 is 2.30 bits per heavy atom. The number of aliphatic hydroxyl groups excluding tert-OH is 1. The molecule has 0 amide bonds. The van der Waals surface area contributed by atoms with E-state index < -0.39 is 39.3 Å². The van der Waals surface area contributed by atoms with Crippen molar-refractivity contribution in [2.45, 2.75) is 17.7 Å². The Bertz CT molecular complexity index is 605. The summed E-state index contributed by atoms with van der Waals surface area (Å²) in [6.45, 7) is -2.28. The van der Waals surface area contributed by atoms with Gasteiger partial charge in [-0.2, -0.15) is 17.5 Å². The number of hydrogen-bond acceptors (Lipinski definition) is 3. The lowest BCUT2D eigenvalue weighted by Crippen LogP contribution is -2.36. The molecule has 0 radical (unpaired) electrons. The molecule has 0 saturated heterocycles. The lowest BCUT2D eigenvalue weighted by Gasteiger charge is -2.20. The monoisotopic (exact) mass is 351 g/mol. The van der Waals surface area contributed by atoms with Crippen molar-refractivity contribution in [3.05, 3.63) is 27.7 Å². The highest BCUT2D eigenvalue weighted by molar-refractivity contribution is 7.89. The van der Waals surface area contributed by atoms with E-state index in [1.54, 1.807) is 0 Å². The molecule has 1 N–H and O–H groups in total. The van der Waals surface area contributed by atoms with Crippen molar-refractivity contribution in [2.24, 2.45) is 0 Å². The molecular formula is C10H10Cl2F3NO3S. The first-order valence-electron chi connectivity index (χ1n) is 5.11. The first-order valence-corrected chi connectivity index (χ1v) is 7.31. The molecule has 114 valence electrons. The molecule has 0 heterocycles. The fraction of sp³-hybridized carbons (Fsp3) is 0.400. The van der Waals surface area contributed by atoms with Crippen LogP contribution in [0.3, 0.4) is 0 Å². The predicted octanol–water partition coefficient (Wildman–Crippen LogP) is 2.67. The summed E-state index contributed by atoms with van der Waals surface area (Å²) in [5.74, 6) is 0. The Kier molecular flexibility index (Phi) is 5.31. The molecule has 1 aromatic rings. The van der Waals surface area contributed by atoms with Crippen LogP contribution in [0.2, 0.25) is 10.0 Å². The van der Waals surface area contributed by atoms with Crippen molar-refractivity contribution < 1.29 is 26.7 Å². The molecule has 1 aromatic carbocycles. The van der Waals surface area contributed by atoms with Gasteiger partial charge in [0.2, 0.25) is 10.0 Å². The largest absolute Gasteiger partial charge is 0.402 e. The van der Waals surface area contributed by atoms with Crippen molar-refractivity contribution >= 4 is 33.2 Å². The van der Waals surface area contributed by atoms with Gasteiger partial charge in [-0.25, -0.2) is 8.42 Å². The van der Waals surface area contributed by atoms with E-state index in [-0.39, 0.29) is 14.9 Å².